The average Bonchev–Trinajstić information content (AvgIpc) is 2.66. The van der Waals surface area contributed by atoms with Gasteiger partial charge in [0.2, 0.25) is 0 Å². The van der Waals surface area contributed by atoms with Gasteiger partial charge in [-0.05, 0) is 19.8 Å². The van der Waals surface area contributed by atoms with E-state index in [1.165, 1.54) is 4.90 Å². The molecule has 19 heavy (non-hydrogen) atoms. The Kier molecular flexibility index (Phi) is 3.80. The van der Waals surface area contributed by atoms with Crippen LogP contribution in [-0.4, -0.2) is 44.8 Å². The minimum Gasteiger partial charge on any atom is -0.481 e. The molecule has 1 saturated heterocycles. The van der Waals surface area contributed by atoms with E-state index in [0.717, 1.165) is 5.69 Å². The topological polar surface area (TPSA) is 75.4 Å². The van der Waals surface area contributed by atoms with Gasteiger partial charge < -0.3 is 10.0 Å². The number of carbonyl (C=O) groups is 2. The average molecular weight is 286 g/mol. The van der Waals surface area contributed by atoms with Gasteiger partial charge in [-0.3, -0.25) is 14.3 Å². The fourth-order valence-electron chi connectivity index (χ4n) is 2.23. The first kappa shape index (κ1) is 13.9. The number of carbonyl (C=O) groups excluding carboxylic acids is 1. The van der Waals surface area contributed by atoms with Gasteiger partial charge in [0.05, 0.1) is 16.6 Å². The second-order valence-electron chi connectivity index (χ2n) is 4.80. The predicted octanol–water partition coefficient (Wildman–Crippen LogP) is 1.32. The number of piperidine rings is 1. The Balaban J connectivity index is 2.19. The number of aliphatic carboxylic acids is 1. The van der Waals surface area contributed by atoms with E-state index in [1.807, 2.05) is 0 Å². The molecule has 0 radical (unpaired) electrons. The quantitative estimate of drug-likeness (QED) is 0.889. The molecule has 0 aromatic carbocycles. The van der Waals surface area contributed by atoms with Gasteiger partial charge in [0.1, 0.15) is 0 Å². The van der Waals surface area contributed by atoms with E-state index in [1.54, 1.807) is 18.7 Å². The second kappa shape index (κ2) is 5.21. The summed E-state index contributed by atoms with van der Waals surface area (Å²) in [5.74, 6) is -1.65. The minimum atomic E-state index is -0.860. The van der Waals surface area contributed by atoms with E-state index < -0.39 is 11.9 Å². The Bertz CT molecular complexity index is 527. The number of likely N-dealkylation sites (tertiary alicyclic amines) is 1. The summed E-state index contributed by atoms with van der Waals surface area (Å²) in [6, 6.07) is 0. The molecule has 2 rings (SSSR count). The first-order valence-electron chi connectivity index (χ1n) is 6.13. The zero-order valence-corrected chi connectivity index (χ0v) is 11.6. The maximum absolute atomic E-state index is 12.3. The molecule has 1 aromatic heterocycles. The second-order valence-corrected chi connectivity index (χ2v) is 5.18. The van der Waals surface area contributed by atoms with Crippen LogP contribution in [0.2, 0.25) is 5.02 Å². The van der Waals surface area contributed by atoms with Gasteiger partial charge in [-0.25, -0.2) is 0 Å². The molecule has 0 bridgehead atoms. The maximum Gasteiger partial charge on any atom is 0.308 e. The SMILES string of the molecule is Cc1c(Cl)c(C(=O)N2CCCC(C(=O)O)C2)nn1C. The van der Waals surface area contributed by atoms with Gasteiger partial charge in [-0.15, -0.1) is 0 Å². The maximum atomic E-state index is 12.3. The number of nitrogens with zero attached hydrogens (tertiary/aromatic N) is 3. The summed E-state index contributed by atoms with van der Waals surface area (Å²) in [5, 5.41) is 13.5. The van der Waals surface area contributed by atoms with Gasteiger partial charge in [0.15, 0.2) is 5.69 Å². The number of carboxylic acid groups (broad SMARTS) is 1. The van der Waals surface area contributed by atoms with E-state index >= 15 is 0 Å². The number of aryl methyl sites for hydroxylation is 1. The van der Waals surface area contributed by atoms with Crippen LogP contribution >= 0.6 is 11.6 Å². The molecular formula is C12H16ClN3O3. The number of amides is 1. The number of rotatable bonds is 2. The molecule has 1 amide bonds. The minimum absolute atomic E-state index is 0.202. The molecule has 1 N–H and O–H groups in total. The molecule has 104 valence electrons. The molecular weight excluding hydrogens is 270 g/mol. The van der Waals surface area contributed by atoms with E-state index in [-0.39, 0.29) is 18.1 Å². The predicted molar refractivity (Wildman–Crippen MR) is 69.2 cm³/mol. The zero-order chi connectivity index (χ0) is 14.2. The fourth-order valence-corrected chi connectivity index (χ4v) is 2.47. The van der Waals surface area contributed by atoms with Crippen LogP contribution < -0.4 is 0 Å². The first-order valence-corrected chi connectivity index (χ1v) is 6.50. The van der Waals surface area contributed by atoms with Crippen molar-refractivity contribution in [1.29, 1.82) is 0 Å². The number of aromatic nitrogens is 2. The highest BCUT2D eigenvalue weighted by atomic mass is 35.5. The summed E-state index contributed by atoms with van der Waals surface area (Å²) >= 11 is 6.08. The van der Waals surface area contributed by atoms with Crippen LogP contribution in [0.1, 0.15) is 29.0 Å². The van der Waals surface area contributed by atoms with Crippen molar-refractivity contribution in [2.24, 2.45) is 13.0 Å². The van der Waals surface area contributed by atoms with Gasteiger partial charge in [-0.2, -0.15) is 5.10 Å². The number of hydrogen-bond acceptors (Lipinski definition) is 3. The largest absolute Gasteiger partial charge is 0.481 e. The van der Waals surface area contributed by atoms with Gasteiger partial charge >= 0.3 is 5.97 Å². The number of carboxylic acids is 1. The normalized spacial score (nSPS) is 19.5. The Hall–Kier alpha value is -1.56. The molecule has 1 atom stereocenters. The van der Waals surface area contributed by atoms with Crippen molar-refractivity contribution < 1.29 is 14.7 Å². The van der Waals surface area contributed by atoms with E-state index in [0.29, 0.717) is 24.4 Å². The molecule has 0 aliphatic carbocycles. The zero-order valence-electron chi connectivity index (χ0n) is 10.9. The molecule has 1 aliphatic heterocycles. The molecule has 6 nitrogen and oxygen atoms in total. The Morgan fingerprint density at radius 2 is 2.16 bits per heavy atom. The lowest BCUT2D eigenvalue weighted by atomic mass is 9.98. The number of hydrogen-bond donors (Lipinski definition) is 1. The highest BCUT2D eigenvalue weighted by molar-refractivity contribution is 6.34. The molecule has 7 heteroatoms. The molecule has 1 aliphatic rings. The Labute approximate surface area is 115 Å². The summed E-state index contributed by atoms with van der Waals surface area (Å²) in [6.07, 6.45) is 1.29. The summed E-state index contributed by atoms with van der Waals surface area (Å²) in [4.78, 5) is 24.9. The third-order valence-electron chi connectivity index (χ3n) is 3.52. The summed E-state index contributed by atoms with van der Waals surface area (Å²) in [6.45, 7) is 2.55. The summed E-state index contributed by atoms with van der Waals surface area (Å²) in [5.41, 5.74) is 0.921. The lowest BCUT2D eigenvalue weighted by Gasteiger charge is -2.30. The monoisotopic (exact) mass is 285 g/mol. The van der Waals surface area contributed by atoms with Crippen molar-refractivity contribution >= 4 is 23.5 Å². The molecule has 2 heterocycles. The molecule has 1 aromatic rings. The van der Waals surface area contributed by atoms with E-state index in [9.17, 15) is 9.59 Å². The lowest BCUT2D eigenvalue weighted by Crippen LogP contribution is -2.42. The van der Waals surface area contributed by atoms with Crippen molar-refractivity contribution in [1.82, 2.24) is 14.7 Å². The molecule has 0 saturated carbocycles. The van der Waals surface area contributed by atoms with Crippen molar-refractivity contribution in [3.8, 4) is 0 Å². The Morgan fingerprint density at radius 3 is 2.68 bits per heavy atom. The van der Waals surface area contributed by atoms with E-state index in [4.69, 9.17) is 16.7 Å². The van der Waals surface area contributed by atoms with Gasteiger partial charge in [0.25, 0.3) is 5.91 Å². The highest BCUT2D eigenvalue weighted by Crippen LogP contribution is 2.23. The number of halogens is 1. The van der Waals surface area contributed by atoms with Crippen LogP contribution in [0.5, 0.6) is 0 Å². The third kappa shape index (κ3) is 2.58. The van der Waals surface area contributed by atoms with Gasteiger partial charge in [0, 0.05) is 20.1 Å². The van der Waals surface area contributed by atoms with Crippen LogP contribution in [0.15, 0.2) is 0 Å². The van der Waals surface area contributed by atoms with Crippen molar-refractivity contribution in [2.45, 2.75) is 19.8 Å². The first-order chi connectivity index (χ1) is 8.91. The lowest BCUT2D eigenvalue weighted by molar-refractivity contribution is -0.143. The van der Waals surface area contributed by atoms with Crippen molar-refractivity contribution in [3.63, 3.8) is 0 Å². The van der Waals surface area contributed by atoms with Crippen LogP contribution in [0, 0.1) is 12.8 Å². The van der Waals surface area contributed by atoms with E-state index in [2.05, 4.69) is 5.10 Å². The van der Waals surface area contributed by atoms with Crippen LogP contribution in [0.3, 0.4) is 0 Å². The van der Waals surface area contributed by atoms with Crippen LogP contribution in [-0.2, 0) is 11.8 Å². The molecule has 1 fully saturated rings. The van der Waals surface area contributed by atoms with Crippen molar-refractivity contribution in [2.75, 3.05) is 13.1 Å². The highest BCUT2D eigenvalue weighted by Gasteiger charge is 2.31. The fraction of sp³-hybridized carbons (Fsp3) is 0.583. The van der Waals surface area contributed by atoms with Crippen LogP contribution in [0.25, 0.3) is 0 Å². The Morgan fingerprint density at radius 1 is 1.47 bits per heavy atom. The third-order valence-corrected chi connectivity index (χ3v) is 3.97. The summed E-state index contributed by atoms with van der Waals surface area (Å²) in [7, 11) is 1.72. The van der Waals surface area contributed by atoms with Crippen LogP contribution in [0.4, 0.5) is 0 Å². The summed E-state index contributed by atoms with van der Waals surface area (Å²) < 4.78 is 1.55. The van der Waals surface area contributed by atoms with Crippen molar-refractivity contribution in [3.05, 3.63) is 16.4 Å². The van der Waals surface area contributed by atoms with Gasteiger partial charge in [-0.1, -0.05) is 11.6 Å². The standard InChI is InChI=1S/C12H16ClN3O3/c1-7-9(13)10(14-15(7)2)11(17)16-5-3-4-8(6-16)12(18)19/h8H,3-6H2,1-2H3,(H,18,19). The molecule has 1 unspecified atom stereocenters. The molecule has 0 spiro atoms. The smallest absolute Gasteiger partial charge is 0.308 e.